The first-order valence-electron chi connectivity index (χ1n) is 8.44. The zero-order chi connectivity index (χ0) is 19.7. The lowest BCUT2D eigenvalue weighted by molar-refractivity contribution is 0.0730. The van der Waals surface area contributed by atoms with Crippen molar-refractivity contribution in [3.63, 3.8) is 0 Å². The highest BCUT2D eigenvalue weighted by Crippen LogP contribution is 2.24. The molecule has 2 aromatic heterocycles. The van der Waals surface area contributed by atoms with Crippen LogP contribution in [0.15, 0.2) is 47.6 Å². The second-order valence-electron chi connectivity index (χ2n) is 6.04. The van der Waals surface area contributed by atoms with Crippen LogP contribution in [0.4, 0.5) is 5.82 Å². The Morgan fingerprint density at radius 2 is 1.93 bits per heavy atom. The number of aromatic nitrogens is 3. The molecule has 0 radical (unpaired) electrons. The summed E-state index contributed by atoms with van der Waals surface area (Å²) in [4.78, 5) is 16.9. The Bertz CT molecular complexity index is 1140. The summed E-state index contributed by atoms with van der Waals surface area (Å²) in [5.74, 6) is -0.162. The largest absolute Gasteiger partial charge is 0.379 e. The summed E-state index contributed by atoms with van der Waals surface area (Å²) in [7, 11) is -3.75. The Kier molecular flexibility index (Phi) is 5.02. The van der Waals surface area contributed by atoms with Crippen LogP contribution in [-0.2, 0) is 14.8 Å². The Balaban J connectivity index is 1.65. The highest BCUT2D eigenvalue weighted by Gasteiger charge is 2.27. The van der Waals surface area contributed by atoms with Gasteiger partial charge in [-0.15, -0.1) is 0 Å². The fourth-order valence-electron chi connectivity index (χ4n) is 2.89. The molecule has 0 saturated carbocycles. The molecule has 1 aliphatic heterocycles. The topological polar surface area (TPSA) is 106 Å². The molecule has 4 rings (SSSR count). The van der Waals surface area contributed by atoms with E-state index in [9.17, 15) is 13.2 Å². The number of sulfonamides is 1. The Morgan fingerprint density at radius 1 is 1.14 bits per heavy atom. The van der Waals surface area contributed by atoms with Crippen molar-refractivity contribution in [1.29, 1.82) is 0 Å². The number of benzene rings is 1. The number of halogens is 1. The third-order valence-corrected chi connectivity index (χ3v) is 6.55. The minimum atomic E-state index is -3.75. The van der Waals surface area contributed by atoms with Crippen LogP contribution in [0, 0.1) is 0 Å². The average molecular weight is 422 g/mol. The number of amides is 1. The van der Waals surface area contributed by atoms with Crippen LogP contribution in [0.1, 0.15) is 10.4 Å². The second kappa shape index (κ2) is 7.47. The van der Waals surface area contributed by atoms with Crippen molar-refractivity contribution < 1.29 is 17.9 Å². The lowest BCUT2D eigenvalue weighted by Gasteiger charge is -2.26. The fraction of sp³-hybridized carbons (Fsp3) is 0.235. The molecule has 1 fully saturated rings. The molecule has 9 nitrogen and oxygen atoms in total. The minimum absolute atomic E-state index is 0.00270. The van der Waals surface area contributed by atoms with Crippen LogP contribution in [0.25, 0.3) is 5.65 Å². The molecule has 0 unspecified atom stereocenters. The molecule has 0 bridgehead atoms. The predicted molar refractivity (Wildman–Crippen MR) is 102 cm³/mol. The lowest BCUT2D eigenvalue weighted by Crippen LogP contribution is -2.40. The van der Waals surface area contributed by atoms with Gasteiger partial charge in [0.15, 0.2) is 5.65 Å². The quantitative estimate of drug-likeness (QED) is 0.686. The van der Waals surface area contributed by atoms with Gasteiger partial charge >= 0.3 is 0 Å². The summed E-state index contributed by atoms with van der Waals surface area (Å²) in [6.45, 7) is 1.20. The van der Waals surface area contributed by atoms with Gasteiger partial charge < -0.3 is 10.1 Å². The van der Waals surface area contributed by atoms with E-state index >= 15 is 0 Å². The van der Waals surface area contributed by atoms with Gasteiger partial charge in [0.05, 0.1) is 34.9 Å². The molecule has 1 aliphatic rings. The van der Waals surface area contributed by atoms with E-state index in [-0.39, 0.29) is 28.6 Å². The van der Waals surface area contributed by atoms with Gasteiger partial charge in [-0.05, 0) is 24.3 Å². The Labute approximate surface area is 165 Å². The number of carbonyl (C=O) groups is 1. The van der Waals surface area contributed by atoms with E-state index in [1.165, 1.54) is 33.2 Å². The number of anilines is 1. The summed E-state index contributed by atoms with van der Waals surface area (Å²) >= 11 is 6.17. The van der Waals surface area contributed by atoms with Crippen LogP contribution in [-0.4, -0.2) is 59.5 Å². The molecule has 3 heterocycles. The maximum absolute atomic E-state index is 12.8. The van der Waals surface area contributed by atoms with Crippen molar-refractivity contribution >= 4 is 39.0 Å². The number of hydrogen-bond donors (Lipinski definition) is 1. The summed E-state index contributed by atoms with van der Waals surface area (Å²) < 4.78 is 33.7. The molecular formula is C17H16ClN5O4S. The third-order valence-electron chi connectivity index (χ3n) is 4.32. The minimum Gasteiger partial charge on any atom is -0.379 e. The van der Waals surface area contributed by atoms with Crippen molar-refractivity contribution in [3.8, 4) is 0 Å². The first kappa shape index (κ1) is 18.8. The van der Waals surface area contributed by atoms with E-state index in [4.69, 9.17) is 16.3 Å². The standard InChI is InChI=1S/C17H16ClN5O4S/c18-14-2-1-12(28(25,26)22-7-9-27-10-8-22)11-13(14)17(24)21-16-3-5-19-15-4-6-20-23(15)16/h1-6,11H,7-10H2,(H,21,24). The number of rotatable bonds is 4. The van der Waals surface area contributed by atoms with Gasteiger partial charge in [-0.3, -0.25) is 4.79 Å². The first-order chi connectivity index (χ1) is 13.5. The normalized spacial score (nSPS) is 15.6. The molecule has 11 heteroatoms. The van der Waals surface area contributed by atoms with Gasteiger partial charge in [-0.2, -0.15) is 13.9 Å². The van der Waals surface area contributed by atoms with Gasteiger partial charge in [-0.25, -0.2) is 13.4 Å². The number of nitrogens with zero attached hydrogens (tertiary/aromatic N) is 4. The maximum atomic E-state index is 12.8. The number of fused-ring (bicyclic) bond motifs is 1. The van der Waals surface area contributed by atoms with E-state index in [1.54, 1.807) is 18.3 Å². The molecule has 146 valence electrons. The molecule has 0 spiro atoms. The fourth-order valence-corrected chi connectivity index (χ4v) is 4.53. The lowest BCUT2D eigenvalue weighted by atomic mass is 10.2. The van der Waals surface area contributed by atoms with E-state index in [0.717, 1.165) is 0 Å². The highest BCUT2D eigenvalue weighted by molar-refractivity contribution is 7.89. The monoisotopic (exact) mass is 421 g/mol. The van der Waals surface area contributed by atoms with Crippen LogP contribution >= 0.6 is 11.6 Å². The van der Waals surface area contributed by atoms with Crippen LogP contribution in [0.3, 0.4) is 0 Å². The Morgan fingerprint density at radius 3 is 2.71 bits per heavy atom. The second-order valence-corrected chi connectivity index (χ2v) is 8.39. The first-order valence-corrected chi connectivity index (χ1v) is 10.3. The molecular weight excluding hydrogens is 406 g/mol. The van der Waals surface area contributed by atoms with Crippen LogP contribution in [0.5, 0.6) is 0 Å². The average Bonchev–Trinajstić information content (AvgIpc) is 3.18. The van der Waals surface area contributed by atoms with Crippen molar-refractivity contribution in [2.45, 2.75) is 4.90 Å². The highest BCUT2D eigenvalue weighted by atomic mass is 35.5. The van der Waals surface area contributed by atoms with E-state index in [0.29, 0.717) is 24.7 Å². The third kappa shape index (κ3) is 3.47. The van der Waals surface area contributed by atoms with Crippen LogP contribution < -0.4 is 5.32 Å². The van der Waals surface area contributed by atoms with Crippen molar-refractivity contribution in [3.05, 3.63) is 53.3 Å². The summed E-state index contributed by atoms with van der Waals surface area (Å²) in [6, 6.07) is 7.35. The zero-order valence-corrected chi connectivity index (χ0v) is 16.2. The molecule has 0 atom stereocenters. The van der Waals surface area contributed by atoms with Gasteiger partial charge in [-0.1, -0.05) is 11.6 Å². The van der Waals surface area contributed by atoms with Crippen molar-refractivity contribution in [1.82, 2.24) is 18.9 Å². The van der Waals surface area contributed by atoms with Gasteiger partial charge in [0.25, 0.3) is 5.91 Å². The summed E-state index contributed by atoms with van der Waals surface area (Å²) in [5, 5.41) is 6.94. The molecule has 1 saturated heterocycles. The van der Waals surface area contributed by atoms with Gasteiger partial charge in [0, 0.05) is 25.4 Å². The number of hydrogen-bond acceptors (Lipinski definition) is 6. The van der Waals surface area contributed by atoms with Crippen LogP contribution in [0.2, 0.25) is 5.02 Å². The van der Waals surface area contributed by atoms with E-state index in [1.807, 2.05) is 0 Å². The SMILES string of the molecule is O=C(Nc1ccnc2ccnn12)c1cc(S(=O)(=O)N2CCOCC2)ccc1Cl. The number of nitrogens with one attached hydrogen (secondary N) is 1. The molecule has 1 amide bonds. The maximum Gasteiger partial charge on any atom is 0.258 e. The van der Waals surface area contributed by atoms with E-state index in [2.05, 4.69) is 15.4 Å². The zero-order valence-electron chi connectivity index (χ0n) is 14.6. The molecule has 3 aromatic rings. The predicted octanol–water partition coefficient (Wildman–Crippen LogP) is 1.66. The molecule has 0 aliphatic carbocycles. The summed E-state index contributed by atoms with van der Waals surface area (Å²) in [5.41, 5.74) is 0.612. The van der Waals surface area contributed by atoms with Gasteiger partial charge in [0.1, 0.15) is 5.82 Å². The molecule has 1 N–H and O–H groups in total. The van der Waals surface area contributed by atoms with Gasteiger partial charge in [0.2, 0.25) is 10.0 Å². The van der Waals surface area contributed by atoms with Crippen molar-refractivity contribution in [2.24, 2.45) is 0 Å². The molecule has 1 aromatic carbocycles. The Hall–Kier alpha value is -2.53. The van der Waals surface area contributed by atoms with Crippen molar-refractivity contribution in [2.75, 3.05) is 31.6 Å². The number of morpholine rings is 1. The number of ether oxygens (including phenoxy) is 1. The number of carbonyl (C=O) groups excluding carboxylic acids is 1. The molecule has 28 heavy (non-hydrogen) atoms. The van der Waals surface area contributed by atoms with E-state index < -0.39 is 15.9 Å². The summed E-state index contributed by atoms with van der Waals surface area (Å²) in [6.07, 6.45) is 3.09. The smallest absolute Gasteiger partial charge is 0.258 e.